The third-order valence-electron chi connectivity index (χ3n) is 2.27. The van der Waals surface area contributed by atoms with Gasteiger partial charge in [0.1, 0.15) is 0 Å². The predicted octanol–water partition coefficient (Wildman–Crippen LogP) is 2.09. The third-order valence-corrected chi connectivity index (χ3v) is 2.27. The first-order valence-corrected chi connectivity index (χ1v) is 5.06. The molecule has 0 saturated heterocycles. The average molecular weight is 174 g/mol. The van der Waals surface area contributed by atoms with Gasteiger partial charge in [-0.2, -0.15) is 0 Å². The van der Waals surface area contributed by atoms with E-state index in [-0.39, 0.29) is 12.2 Å². The molecule has 0 aromatic carbocycles. The van der Waals surface area contributed by atoms with Gasteiger partial charge in [0.2, 0.25) is 0 Å². The fourth-order valence-corrected chi connectivity index (χ4v) is 1.17. The van der Waals surface area contributed by atoms with Crippen LogP contribution in [0.5, 0.6) is 0 Å². The highest BCUT2D eigenvalue weighted by Gasteiger charge is 2.02. The van der Waals surface area contributed by atoms with E-state index in [9.17, 15) is 10.2 Å². The Bertz CT molecular complexity index is 81.8. The van der Waals surface area contributed by atoms with E-state index >= 15 is 0 Å². The SMILES string of the molecule is CC[C@H](O)CCCC[C@@H](O)CC. The fraction of sp³-hybridized carbons (Fsp3) is 1.00. The molecule has 2 N–H and O–H groups in total. The lowest BCUT2D eigenvalue weighted by Crippen LogP contribution is -2.06. The van der Waals surface area contributed by atoms with Gasteiger partial charge >= 0.3 is 0 Å². The van der Waals surface area contributed by atoms with Crippen molar-refractivity contribution >= 4 is 0 Å². The molecule has 0 aliphatic carbocycles. The van der Waals surface area contributed by atoms with Gasteiger partial charge in [-0.15, -0.1) is 0 Å². The topological polar surface area (TPSA) is 40.5 Å². The summed E-state index contributed by atoms with van der Waals surface area (Å²) in [6.07, 6.45) is 5.25. The molecule has 0 radical (unpaired) electrons. The predicted molar refractivity (Wildman–Crippen MR) is 51.1 cm³/mol. The van der Waals surface area contributed by atoms with Crippen molar-refractivity contribution in [2.45, 2.75) is 64.6 Å². The van der Waals surface area contributed by atoms with Gasteiger partial charge in [-0.25, -0.2) is 0 Å². The van der Waals surface area contributed by atoms with Gasteiger partial charge < -0.3 is 10.2 Å². The molecule has 2 atom stereocenters. The molecule has 0 fully saturated rings. The average Bonchev–Trinajstić information content (AvgIpc) is 2.11. The standard InChI is InChI=1S/C10H22O2/c1-3-9(11)7-5-6-8-10(12)4-2/h9-12H,3-8H2,1-2H3/t9-,10-/m0/s1. The van der Waals surface area contributed by atoms with Crippen LogP contribution in [-0.4, -0.2) is 22.4 Å². The second-order valence-electron chi connectivity index (χ2n) is 3.41. The van der Waals surface area contributed by atoms with E-state index in [0.717, 1.165) is 38.5 Å². The number of hydrogen-bond acceptors (Lipinski definition) is 2. The van der Waals surface area contributed by atoms with Crippen LogP contribution in [0.1, 0.15) is 52.4 Å². The molecule has 2 nitrogen and oxygen atoms in total. The normalized spacial score (nSPS) is 16.0. The minimum Gasteiger partial charge on any atom is -0.393 e. The zero-order valence-corrected chi connectivity index (χ0v) is 8.29. The molecule has 2 heteroatoms. The maximum absolute atomic E-state index is 9.22. The maximum atomic E-state index is 9.22. The van der Waals surface area contributed by atoms with E-state index in [1.165, 1.54) is 0 Å². The largest absolute Gasteiger partial charge is 0.393 e. The summed E-state index contributed by atoms with van der Waals surface area (Å²) in [4.78, 5) is 0. The van der Waals surface area contributed by atoms with Crippen LogP contribution in [0.3, 0.4) is 0 Å². The van der Waals surface area contributed by atoms with Crippen molar-refractivity contribution in [3.05, 3.63) is 0 Å². The molecule has 0 saturated carbocycles. The van der Waals surface area contributed by atoms with E-state index < -0.39 is 0 Å². The first-order chi connectivity index (χ1) is 5.70. The molecule has 0 aromatic rings. The summed E-state index contributed by atoms with van der Waals surface area (Å²) in [5.41, 5.74) is 0. The lowest BCUT2D eigenvalue weighted by molar-refractivity contribution is 0.140. The number of rotatable bonds is 7. The van der Waals surface area contributed by atoms with Crippen LogP contribution in [0.25, 0.3) is 0 Å². The minimum absolute atomic E-state index is 0.135. The first kappa shape index (κ1) is 11.9. The lowest BCUT2D eigenvalue weighted by atomic mass is 10.1. The summed E-state index contributed by atoms with van der Waals surface area (Å²) in [6, 6.07) is 0. The molecule has 0 bridgehead atoms. The third kappa shape index (κ3) is 6.62. The van der Waals surface area contributed by atoms with Gasteiger partial charge in [0.05, 0.1) is 12.2 Å². The van der Waals surface area contributed by atoms with Gasteiger partial charge in [-0.1, -0.05) is 26.7 Å². The molecule has 0 aliphatic rings. The van der Waals surface area contributed by atoms with Crippen LogP contribution in [-0.2, 0) is 0 Å². The summed E-state index contributed by atoms with van der Waals surface area (Å²) >= 11 is 0. The smallest absolute Gasteiger partial charge is 0.0537 e. The van der Waals surface area contributed by atoms with Crippen LogP contribution in [0.15, 0.2) is 0 Å². The molecule has 0 aliphatic heterocycles. The Hall–Kier alpha value is -0.0800. The summed E-state index contributed by atoms with van der Waals surface area (Å²) in [5.74, 6) is 0. The molecule has 0 unspecified atom stereocenters. The highest BCUT2D eigenvalue weighted by Crippen LogP contribution is 2.09. The van der Waals surface area contributed by atoms with Crippen molar-refractivity contribution in [1.82, 2.24) is 0 Å². The highest BCUT2D eigenvalue weighted by molar-refractivity contribution is 4.56. The monoisotopic (exact) mass is 174 g/mol. The van der Waals surface area contributed by atoms with Gasteiger partial charge in [0, 0.05) is 0 Å². The van der Waals surface area contributed by atoms with E-state index in [0.29, 0.717) is 0 Å². The van der Waals surface area contributed by atoms with E-state index in [1.54, 1.807) is 0 Å². The maximum Gasteiger partial charge on any atom is 0.0537 e. The van der Waals surface area contributed by atoms with Crippen LogP contribution in [0.4, 0.5) is 0 Å². The number of hydrogen-bond donors (Lipinski definition) is 2. The zero-order chi connectivity index (χ0) is 9.40. The lowest BCUT2D eigenvalue weighted by Gasteiger charge is -2.09. The summed E-state index contributed by atoms with van der Waals surface area (Å²) in [7, 11) is 0. The second-order valence-corrected chi connectivity index (χ2v) is 3.41. The molecule has 0 heterocycles. The molecule has 0 rings (SSSR count). The van der Waals surface area contributed by atoms with Crippen molar-refractivity contribution in [2.75, 3.05) is 0 Å². The molecule has 74 valence electrons. The number of aliphatic hydroxyl groups is 2. The van der Waals surface area contributed by atoms with Gasteiger partial charge in [-0.3, -0.25) is 0 Å². The fourth-order valence-electron chi connectivity index (χ4n) is 1.17. The summed E-state index contributed by atoms with van der Waals surface area (Å²) < 4.78 is 0. The van der Waals surface area contributed by atoms with Gasteiger partial charge in [-0.05, 0) is 25.7 Å². The van der Waals surface area contributed by atoms with Crippen LogP contribution >= 0.6 is 0 Å². The Morgan fingerprint density at radius 1 is 0.833 bits per heavy atom. The van der Waals surface area contributed by atoms with Gasteiger partial charge in [0.25, 0.3) is 0 Å². The molecular weight excluding hydrogens is 152 g/mol. The van der Waals surface area contributed by atoms with E-state index in [4.69, 9.17) is 0 Å². The molecule has 0 amide bonds. The molecule has 12 heavy (non-hydrogen) atoms. The van der Waals surface area contributed by atoms with Crippen LogP contribution < -0.4 is 0 Å². The number of aliphatic hydroxyl groups excluding tert-OH is 2. The summed E-state index contributed by atoms with van der Waals surface area (Å²) in [6.45, 7) is 3.98. The Kier molecular flexibility index (Phi) is 7.51. The highest BCUT2D eigenvalue weighted by atomic mass is 16.3. The van der Waals surface area contributed by atoms with Crippen LogP contribution in [0.2, 0.25) is 0 Å². The van der Waals surface area contributed by atoms with Crippen molar-refractivity contribution < 1.29 is 10.2 Å². The minimum atomic E-state index is -0.135. The van der Waals surface area contributed by atoms with Gasteiger partial charge in [0.15, 0.2) is 0 Å². The van der Waals surface area contributed by atoms with Crippen molar-refractivity contribution in [3.63, 3.8) is 0 Å². The van der Waals surface area contributed by atoms with Crippen molar-refractivity contribution in [2.24, 2.45) is 0 Å². The van der Waals surface area contributed by atoms with Crippen LogP contribution in [0, 0.1) is 0 Å². The quantitative estimate of drug-likeness (QED) is 0.580. The second kappa shape index (κ2) is 7.56. The first-order valence-electron chi connectivity index (χ1n) is 5.06. The Labute approximate surface area is 75.6 Å². The zero-order valence-electron chi connectivity index (χ0n) is 8.29. The van der Waals surface area contributed by atoms with E-state index in [1.807, 2.05) is 13.8 Å². The Morgan fingerprint density at radius 2 is 1.17 bits per heavy atom. The van der Waals surface area contributed by atoms with Crippen molar-refractivity contribution in [3.8, 4) is 0 Å². The molecular formula is C10H22O2. The Balaban J connectivity index is 3.10. The molecule has 0 aromatic heterocycles. The number of unbranched alkanes of at least 4 members (excludes halogenated alkanes) is 1. The summed E-state index contributed by atoms with van der Waals surface area (Å²) in [5, 5.41) is 18.4. The Morgan fingerprint density at radius 3 is 1.42 bits per heavy atom. The van der Waals surface area contributed by atoms with E-state index in [2.05, 4.69) is 0 Å². The van der Waals surface area contributed by atoms with Crippen molar-refractivity contribution in [1.29, 1.82) is 0 Å². The molecule has 0 spiro atoms.